The summed E-state index contributed by atoms with van der Waals surface area (Å²) in [5.74, 6) is -1.57. The van der Waals surface area contributed by atoms with Crippen LogP contribution in [0.25, 0.3) is 21.9 Å². The highest BCUT2D eigenvalue weighted by Crippen LogP contribution is 2.50. The van der Waals surface area contributed by atoms with Gasteiger partial charge in [0.1, 0.15) is 23.8 Å². The van der Waals surface area contributed by atoms with E-state index in [0.717, 1.165) is 0 Å². The molecule has 0 atom stereocenters. The summed E-state index contributed by atoms with van der Waals surface area (Å²) in [5.41, 5.74) is 0.452. The lowest BCUT2D eigenvalue weighted by atomic mass is 9.91. The average Bonchev–Trinajstić information content (AvgIpc) is 2.87. The monoisotopic (exact) mass is 412 g/mol. The molecule has 1 heterocycles. The highest BCUT2D eigenvalue weighted by molar-refractivity contribution is 9.11. The lowest BCUT2D eigenvalue weighted by Gasteiger charge is -2.08. The Bertz CT molecular complexity index is 858. The van der Waals surface area contributed by atoms with E-state index in [1.165, 1.54) is 0 Å². The van der Waals surface area contributed by atoms with Crippen molar-refractivity contribution in [2.45, 2.75) is 6.92 Å². The van der Waals surface area contributed by atoms with Crippen LogP contribution in [-0.4, -0.2) is 28.3 Å². The van der Waals surface area contributed by atoms with E-state index in [-0.39, 0.29) is 43.4 Å². The molecule has 0 saturated heterocycles. The van der Waals surface area contributed by atoms with Crippen LogP contribution in [0.1, 0.15) is 5.56 Å². The molecule has 5 nitrogen and oxygen atoms in total. The third kappa shape index (κ3) is 1.69. The Balaban J connectivity index is 2.73. The summed E-state index contributed by atoms with van der Waals surface area (Å²) < 4.78 is 6.18. The van der Waals surface area contributed by atoms with Crippen molar-refractivity contribution in [3.8, 4) is 23.0 Å². The number of hydrogen-bond acceptors (Lipinski definition) is 5. The maximum absolute atomic E-state index is 10.2. The largest absolute Gasteiger partial charge is 0.508 e. The van der Waals surface area contributed by atoms with Crippen molar-refractivity contribution in [2.24, 2.45) is 0 Å². The molecule has 0 bridgehead atoms. The van der Waals surface area contributed by atoms with Crippen LogP contribution in [0.15, 0.2) is 13.4 Å². The first kappa shape index (κ1) is 14.4. The second-order valence-electron chi connectivity index (χ2n) is 4.57. The Morgan fingerprint density at radius 3 is 1.95 bits per heavy atom. The van der Waals surface area contributed by atoms with Crippen LogP contribution in [0.2, 0.25) is 0 Å². The number of benzene rings is 2. The minimum absolute atomic E-state index is 0.0978. The van der Waals surface area contributed by atoms with Crippen molar-refractivity contribution < 1.29 is 24.8 Å². The lowest BCUT2D eigenvalue weighted by Crippen LogP contribution is -2.04. The molecule has 0 aliphatic carbocycles. The molecule has 1 aromatic heterocycles. The Morgan fingerprint density at radius 1 is 0.810 bits per heavy atom. The van der Waals surface area contributed by atoms with E-state index < -0.39 is 11.5 Å². The van der Waals surface area contributed by atoms with Crippen LogP contribution in [0, 0.1) is 6.92 Å². The molecule has 2 aromatic carbocycles. The zero-order chi connectivity index (χ0) is 15.6. The van der Waals surface area contributed by atoms with Crippen LogP contribution < -0.4 is 5.46 Å². The molecule has 106 valence electrons. The van der Waals surface area contributed by atoms with Crippen molar-refractivity contribution in [2.75, 3.05) is 0 Å². The number of rotatable bonds is 0. The van der Waals surface area contributed by atoms with Gasteiger partial charge < -0.3 is 24.8 Å². The van der Waals surface area contributed by atoms with Gasteiger partial charge in [-0.25, -0.2) is 0 Å². The van der Waals surface area contributed by atoms with Gasteiger partial charge in [0.05, 0.1) is 15.2 Å². The normalized spacial score (nSPS) is 11.6. The fraction of sp³-hybridized carbons (Fsp3) is 0.0769. The van der Waals surface area contributed by atoms with E-state index in [0.29, 0.717) is 10.0 Å². The minimum Gasteiger partial charge on any atom is -0.508 e. The summed E-state index contributed by atoms with van der Waals surface area (Å²) in [7, 11) is 5.63. The Kier molecular flexibility index (Phi) is 3.07. The zero-order valence-electron chi connectivity index (χ0n) is 10.5. The molecule has 2 radical (unpaired) electrons. The van der Waals surface area contributed by atoms with Gasteiger partial charge in [-0.15, -0.1) is 0 Å². The number of aromatic hydroxyl groups is 4. The van der Waals surface area contributed by atoms with E-state index in [2.05, 4.69) is 31.9 Å². The quantitative estimate of drug-likeness (QED) is 0.336. The SMILES string of the molecule is [B]c1c(O)c(Br)c2oc3c(Br)c(C)c(O)c(O)c3c2c1O. The van der Waals surface area contributed by atoms with Gasteiger partial charge >= 0.3 is 0 Å². The second kappa shape index (κ2) is 4.48. The standard InChI is InChI=1S/C13H7BBr2O5/c1-2-6(15)12-4(10(19)8(2)17)3-9(18)5(14)11(20)7(16)13(3)21-12/h17-20H,1H3. The van der Waals surface area contributed by atoms with Crippen LogP contribution in [0.4, 0.5) is 0 Å². The maximum atomic E-state index is 10.2. The molecule has 0 spiro atoms. The van der Waals surface area contributed by atoms with Gasteiger partial charge in [0.15, 0.2) is 22.7 Å². The smallest absolute Gasteiger partial charge is 0.169 e. The van der Waals surface area contributed by atoms with Gasteiger partial charge in [-0.3, -0.25) is 0 Å². The summed E-state index contributed by atoms with van der Waals surface area (Å²) in [6.07, 6.45) is 0. The number of furan rings is 1. The third-order valence-electron chi connectivity index (χ3n) is 3.41. The molecule has 21 heavy (non-hydrogen) atoms. The van der Waals surface area contributed by atoms with Crippen LogP contribution >= 0.6 is 31.9 Å². The predicted molar refractivity (Wildman–Crippen MR) is 85.9 cm³/mol. The van der Waals surface area contributed by atoms with E-state index in [1.54, 1.807) is 6.92 Å². The first-order valence-electron chi connectivity index (χ1n) is 5.72. The van der Waals surface area contributed by atoms with Crippen molar-refractivity contribution in [3.63, 3.8) is 0 Å². The van der Waals surface area contributed by atoms with E-state index in [4.69, 9.17) is 12.3 Å². The van der Waals surface area contributed by atoms with E-state index in [9.17, 15) is 20.4 Å². The number of hydrogen-bond donors (Lipinski definition) is 4. The molecule has 8 heteroatoms. The van der Waals surface area contributed by atoms with Gasteiger partial charge in [0.2, 0.25) is 0 Å². The Hall–Kier alpha value is -1.54. The summed E-state index contributed by atoms with van der Waals surface area (Å²) in [4.78, 5) is 0. The summed E-state index contributed by atoms with van der Waals surface area (Å²) in [6.45, 7) is 1.59. The summed E-state index contributed by atoms with van der Waals surface area (Å²) >= 11 is 6.41. The first-order valence-corrected chi connectivity index (χ1v) is 7.31. The van der Waals surface area contributed by atoms with Crippen LogP contribution in [0.3, 0.4) is 0 Å². The van der Waals surface area contributed by atoms with Gasteiger partial charge in [-0.2, -0.15) is 0 Å². The molecule has 3 rings (SSSR count). The van der Waals surface area contributed by atoms with Gasteiger partial charge in [-0.1, -0.05) is 0 Å². The molecule has 0 saturated carbocycles. The lowest BCUT2D eigenvalue weighted by molar-refractivity contribution is 0.405. The van der Waals surface area contributed by atoms with E-state index >= 15 is 0 Å². The molecule has 0 unspecified atom stereocenters. The predicted octanol–water partition coefficient (Wildman–Crippen LogP) is 3.04. The number of phenolic OH excluding ortho intramolecular Hbond substituents is 4. The molecular formula is C13H7BBr2O5. The number of halogens is 2. The van der Waals surface area contributed by atoms with Crippen molar-refractivity contribution in [3.05, 3.63) is 14.5 Å². The second-order valence-corrected chi connectivity index (χ2v) is 6.16. The van der Waals surface area contributed by atoms with Crippen molar-refractivity contribution in [1.29, 1.82) is 0 Å². The molecular weight excluding hydrogens is 407 g/mol. The average molecular weight is 414 g/mol. The van der Waals surface area contributed by atoms with Gasteiger partial charge in [0.25, 0.3) is 0 Å². The van der Waals surface area contributed by atoms with E-state index in [1.807, 2.05) is 0 Å². The Morgan fingerprint density at radius 2 is 1.33 bits per heavy atom. The molecule has 0 aliphatic heterocycles. The zero-order valence-corrected chi connectivity index (χ0v) is 13.7. The third-order valence-corrected chi connectivity index (χ3v) is 5.10. The summed E-state index contributed by atoms with van der Waals surface area (Å²) in [5, 5.41) is 40.3. The molecule has 0 fully saturated rings. The first-order chi connectivity index (χ1) is 9.77. The topological polar surface area (TPSA) is 94.1 Å². The van der Waals surface area contributed by atoms with Crippen LogP contribution in [0.5, 0.6) is 23.0 Å². The number of phenols is 4. The van der Waals surface area contributed by atoms with Crippen molar-refractivity contribution in [1.82, 2.24) is 0 Å². The maximum Gasteiger partial charge on any atom is 0.169 e. The molecule has 0 amide bonds. The highest BCUT2D eigenvalue weighted by Gasteiger charge is 2.26. The minimum atomic E-state index is -0.435. The fourth-order valence-corrected chi connectivity index (χ4v) is 3.19. The van der Waals surface area contributed by atoms with Crippen molar-refractivity contribution >= 4 is 67.1 Å². The molecule has 0 aliphatic rings. The van der Waals surface area contributed by atoms with Crippen LogP contribution in [-0.2, 0) is 0 Å². The summed E-state index contributed by atoms with van der Waals surface area (Å²) in [6, 6.07) is 0. The Labute approximate surface area is 136 Å². The molecule has 4 N–H and O–H groups in total. The molecule has 3 aromatic rings. The fourth-order valence-electron chi connectivity index (χ4n) is 2.24. The van der Waals surface area contributed by atoms with Gasteiger partial charge in [0, 0.05) is 5.56 Å². The highest BCUT2D eigenvalue weighted by atomic mass is 79.9. The number of fused-ring (bicyclic) bond motifs is 3. The van der Waals surface area contributed by atoms with Gasteiger partial charge in [-0.05, 0) is 44.2 Å².